The van der Waals surface area contributed by atoms with Crippen molar-refractivity contribution in [2.45, 2.75) is 30.1 Å². The van der Waals surface area contributed by atoms with Crippen LogP contribution in [0.15, 0.2) is 53.4 Å². The van der Waals surface area contributed by atoms with Crippen LogP contribution in [0.5, 0.6) is 5.88 Å². The highest BCUT2D eigenvalue weighted by Crippen LogP contribution is 2.49. The number of rotatable bonds is 5. The number of ether oxygens (including phenoxy) is 3. The number of hydrogen-bond donors (Lipinski definition) is 0. The van der Waals surface area contributed by atoms with E-state index in [1.807, 2.05) is 6.92 Å². The molecule has 2 atom stereocenters. The van der Waals surface area contributed by atoms with Crippen molar-refractivity contribution in [3.8, 4) is 28.3 Å². The highest BCUT2D eigenvalue weighted by Gasteiger charge is 2.54. The molecular formula is C23H23FN2O5S. The van der Waals surface area contributed by atoms with Gasteiger partial charge in [-0.05, 0) is 36.8 Å². The SMILES string of the molecule is CCOC12CCOCC1Oc1c(-c3ccc(F)cc3)c(-c3ccc(S(C)(=O)=O)cc3)nn12. The highest BCUT2D eigenvalue weighted by atomic mass is 32.2. The summed E-state index contributed by atoms with van der Waals surface area (Å²) in [6.07, 6.45) is 1.40. The lowest BCUT2D eigenvalue weighted by molar-refractivity contribution is -0.196. The first-order chi connectivity index (χ1) is 15.3. The Balaban J connectivity index is 1.71. The van der Waals surface area contributed by atoms with Crippen molar-refractivity contribution >= 4 is 9.84 Å². The zero-order chi connectivity index (χ0) is 22.5. The van der Waals surface area contributed by atoms with Crippen LogP contribution in [0.2, 0.25) is 0 Å². The summed E-state index contributed by atoms with van der Waals surface area (Å²) in [5, 5.41) is 4.89. The minimum atomic E-state index is -3.32. The van der Waals surface area contributed by atoms with Gasteiger partial charge in [0, 0.05) is 24.8 Å². The fourth-order valence-corrected chi connectivity index (χ4v) is 5.02. The average molecular weight is 459 g/mol. The second-order valence-electron chi connectivity index (χ2n) is 7.95. The number of fused-ring (bicyclic) bond motifs is 3. The lowest BCUT2D eigenvalue weighted by Gasteiger charge is -2.36. The Labute approximate surface area is 185 Å². The lowest BCUT2D eigenvalue weighted by Crippen LogP contribution is -2.51. The van der Waals surface area contributed by atoms with E-state index in [1.165, 1.54) is 18.4 Å². The average Bonchev–Trinajstić information content (AvgIpc) is 3.29. The maximum atomic E-state index is 13.6. The van der Waals surface area contributed by atoms with Crippen LogP contribution in [0.3, 0.4) is 0 Å². The third-order valence-electron chi connectivity index (χ3n) is 5.92. The monoisotopic (exact) mass is 458 g/mol. The number of aromatic nitrogens is 2. The van der Waals surface area contributed by atoms with Gasteiger partial charge in [-0.2, -0.15) is 9.78 Å². The zero-order valence-corrected chi connectivity index (χ0v) is 18.6. The molecule has 1 saturated heterocycles. The highest BCUT2D eigenvalue weighted by molar-refractivity contribution is 7.90. The molecule has 2 aliphatic heterocycles. The van der Waals surface area contributed by atoms with Crippen LogP contribution >= 0.6 is 0 Å². The lowest BCUT2D eigenvalue weighted by atomic mass is 10.0. The van der Waals surface area contributed by atoms with Gasteiger partial charge in [-0.25, -0.2) is 12.8 Å². The summed E-state index contributed by atoms with van der Waals surface area (Å²) in [5.41, 5.74) is 1.97. The van der Waals surface area contributed by atoms with Gasteiger partial charge in [-0.15, -0.1) is 0 Å². The standard InChI is InChI=1S/C23H23FN2O5S/c1-3-30-23-12-13-29-14-19(23)31-22-20(15-4-8-17(24)9-5-15)21(25-26(22)23)16-6-10-18(11-7-16)32(2,27)28/h4-11,19H,3,12-14H2,1-2H3. The molecule has 0 radical (unpaired) electrons. The van der Waals surface area contributed by atoms with Crippen molar-refractivity contribution in [1.82, 2.24) is 9.78 Å². The number of halogens is 1. The molecule has 2 aromatic carbocycles. The van der Waals surface area contributed by atoms with Crippen LogP contribution in [0.1, 0.15) is 13.3 Å². The molecule has 1 aromatic heterocycles. The molecule has 2 unspecified atom stereocenters. The second-order valence-corrected chi connectivity index (χ2v) is 9.97. The van der Waals surface area contributed by atoms with Gasteiger partial charge in [0.25, 0.3) is 0 Å². The topological polar surface area (TPSA) is 79.7 Å². The van der Waals surface area contributed by atoms with Gasteiger partial charge in [0.2, 0.25) is 11.6 Å². The fourth-order valence-electron chi connectivity index (χ4n) is 4.39. The van der Waals surface area contributed by atoms with Crippen LogP contribution in [-0.4, -0.2) is 50.4 Å². The maximum Gasteiger partial charge on any atom is 0.223 e. The molecule has 0 aliphatic carbocycles. The minimum absolute atomic E-state index is 0.225. The second kappa shape index (κ2) is 7.68. The molecule has 1 fully saturated rings. The molecule has 9 heteroatoms. The predicted octanol–water partition coefficient (Wildman–Crippen LogP) is 3.63. The Morgan fingerprint density at radius 1 is 1.16 bits per heavy atom. The molecule has 7 nitrogen and oxygen atoms in total. The molecular weight excluding hydrogens is 435 g/mol. The molecule has 3 aromatic rings. The third kappa shape index (κ3) is 3.32. The smallest absolute Gasteiger partial charge is 0.223 e. The van der Waals surface area contributed by atoms with Crippen molar-refractivity contribution < 1.29 is 27.0 Å². The van der Waals surface area contributed by atoms with Crippen molar-refractivity contribution in [3.05, 3.63) is 54.3 Å². The minimum Gasteiger partial charge on any atom is -0.466 e. The quantitative estimate of drug-likeness (QED) is 0.581. The Hall–Kier alpha value is -2.75. The van der Waals surface area contributed by atoms with E-state index >= 15 is 0 Å². The fraction of sp³-hybridized carbons (Fsp3) is 0.348. The Bertz CT molecular complexity index is 1250. The van der Waals surface area contributed by atoms with Crippen LogP contribution in [0.4, 0.5) is 4.39 Å². The third-order valence-corrected chi connectivity index (χ3v) is 7.04. The predicted molar refractivity (Wildman–Crippen MR) is 116 cm³/mol. The van der Waals surface area contributed by atoms with E-state index in [4.69, 9.17) is 19.3 Å². The van der Waals surface area contributed by atoms with Crippen LogP contribution in [-0.2, 0) is 25.0 Å². The maximum absolute atomic E-state index is 13.6. The van der Waals surface area contributed by atoms with Crippen molar-refractivity contribution in [2.75, 3.05) is 26.1 Å². The summed E-state index contributed by atoms with van der Waals surface area (Å²) in [6.45, 7) is 3.30. The Morgan fingerprint density at radius 2 is 1.84 bits per heavy atom. The van der Waals surface area contributed by atoms with Gasteiger partial charge < -0.3 is 14.2 Å². The van der Waals surface area contributed by atoms with Crippen LogP contribution < -0.4 is 4.74 Å². The number of hydrogen-bond acceptors (Lipinski definition) is 6. The molecule has 32 heavy (non-hydrogen) atoms. The van der Waals surface area contributed by atoms with E-state index in [0.29, 0.717) is 43.4 Å². The normalized spacial score (nSPS) is 22.3. The Kier molecular flexibility index (Phi) is 5.07. The first-order valence-electron chi connectivity index (χ1n) is 10.4. The molecule has 168 valence electrons. The molecule has 0 spiro atoms. The summed E-state index contributed by atoms with van der Waals surface area (Å²) in [4.78, 5) is 0.225. The molecule has 0 N–H and O–H groups in total. The van der Waals surface area contributed by atoms with Crippen LogP contribution in [0, 0.1) is 5.82 Å². The summed E-state index contributed by atoms with van der Waals surface area (Å²) in [6, 6.07) is 12.7. The van der Waals surface area contributed by atoms with E-state index in [9.17, 15) is 12.8 Å². The van der Waals surface area contributed by atoms with E-state index in [0.717, 1.165) is 11.1 Å². The largest absolute Gasteiger partial charge is 0.466 e. The van der Waals surface area contributed by atoms with Crippen LogP contribution in [0.25, 0.3) is 22.4 Å². The molecule has 2 aliphatic rings. The van der Waals surface area contributed by atoms with Crippen molar-refractivity contribution in [1.29, 1.82) is 0 Å². The first kappa shape index (κ1) is 21.1. The Morgan fingerprint density at radius 3 is 2.50 bits per heavy atom. The first-order valence-corrected chi connectivity index (χ1v) is 12.3. The van der Waals surface area contributed by atoms with E-state index in [-0.39, 0.29) is 16.8 Å². The van der Waals surface area contributed by atoms with Gasteiger partial charge in [0.1, 0.15) is 11.5 Å². The summed E-state index contributed by atoms with van der Waals surface area (Å²) in [7, 11) is -3.32. The molecule has 0 saturated carbocycles. The molecule has 5 rings (SSSR count). The van der Waals surface area contributed by atoms with E-state index in [1.54, 1.807) is 41.1 Å². The van der Waals surface area contributed by atoms with E-state index in [2.05, 4.69) is 0 Å². The zero-order valence-electron chi connectivity index (χ0n) is 17.7. The van der Waals surface area contributed by atoms with Gasteiger partial charge in [0.15, 0.2) is 15.9 Å². The molecule has 0 amide bonds. The number of benzene rings is 2. The van der Waals surface area contributed by atoms with Gasteiger partial charge >= 0.3 is 0 Å². The van der Waals surface area contributed by atoms with Crippen molar-refractivity contribution in [2.24, 2.45) is 0 Å². The summed E-state index contributed by atoms with van der Waals surface area (Å²) >= 11 is 0. The van der Waals surface area contributed by atoms with Gasteiger partial charge in [-0.3, -0.25) is 0 Å². The molecule has 0 bridgehead atoms. The van der Waals surface area contributed by atoms with Gasteiger partial charge in [-0.1, -0.05) is 24.3 Å². The number of nitrogens with zero attached hydrogens (tertiary/aromatic N) is 2. The summed E-state index contributed by atoms with van der Waals surface area (Å²) in [5.74, 6) is 0.188. The van der Waals surface area contributed by atoms with Crippen molar-refractivity contribution in [3.63, 3.8) is 0 Å². The van der Waals surface area contributed by atoms with E-state index < -0.39 is 15.6 Å². The molecule has 3 heterocycles. The summed E-state index contributed by atoms with van der Waals surface area (Å²) < 4.78 is 57.3. The number of sulfone groups is 1. The van der Waals surface area contributed by atoms with Gasteiger partial charge in [0.05, 0.1) is 23.7 Å².